The number of nitrogens with two attached hydrogens (primary N) is 1. The number of hydrogen-bond acceptors (Lipinski definition) is 3. The highest BCUT2D eigenvalue weighted by molar-refractivity contribution is 5.97. The number of carbonyl (C=O) groups excluding carboxylic acids is 1. The van der Waals surface area contributed by atoms with Crippen LogP contribution in [0.4, 0.5) is 10.1 Å². The lowest BCUT2D eigenvalue weighted by atomic mass is 10.1. The molecule has 1 aromatic carbocycles. The Bertz CT molecular complexity index is 449. The van der Waals surface area contributed by atoms with Gasteiger partial charge in [0.2, 0.25) is 5.91 Å². The van der Waals surface area contributed by atoms with Gasteiger partial charge in [-0.15, -0.1) is 0 Å². The quantitative estimate of drug-likeness (QED) is 0.870. The number of hydrogen-bond donors (Lipinski definition) is 1. The average Bonchev–Trinajstić information content (AvgIpc) is 2.47. The van der Waals surface area contributed by atoms with Crippen LogP contribution >= 0.6 is 0 Å². The molecule has 4 nitrogen and oxygen atoms in total. The minimum absolute atomic E-state index is 0.0130. The van der Waals surface area contributed by atoms with Gasteiger partial charge in [-0.1, -0.05) is 6.92 Å². The molecule has 2 N–H and O–H groups in total. The number of carbonyl (C=O) groups is 1. The number of rotatable bonds is 2. The highest BCUT2D eigenvalue weighted by atomic mass is 19.1. The van der Waals surface area contributed by atoms with E-state index in [-0.39, 0.29) is 17.8 Å². The Morgan fingerprint density at radius 1 is 1.32 bits per heavy atom. The molecular formula is C14H20FN3O. The van der Waals surface area contributed by atoms with Crippen LogP contribution in [-0.4, -0.2) is 43.5 Å². The van der Waals surface area contributed by atoms with Crippen molar-refractivity contribution in [2.45, 2.75) is 13.0 Å². The van der Waals surface area contributed by atoms with Crippen molar-refractivity contribution >= 4 is 11.6 Å². The molecule has 0 bridgehead atoms. The van der Waals surface area contributed by atoms with E-state index in [2.05, 4.69) is 6.92 Å². The van der Waals surface area contributed by atoms with Crippen molar-refractivity contribution in [1.29, 1.82) is 0 Å². The van der Waals surface area contributed by atoms with E-state index >= 15 is 0 Å². The highest BCUT2D eigenvalue weighted by Crippen LogP contribution is 2.21. The number of amides is 1. The van der Waals surface area contributed by atoms with Crippen LogP contribution in [0.5, 0.6) is 0 Å². The first-order valence-electron chi connectivity index (χ1n) is 6.50. The standard InChI is InChI=1S/C14H20FN3O/c1-10-8-17(2)13(7-16)14(19)18(9-10)12-5-3-11(15)4-6-12/h3-6,10,13H,7-9,16H2,1-2H3. The van der Waals surface area contributed by atoms with Crippen molar-refractivity contribution in [3.63, 3.8) is 0 Å². The van der Waals surface area contributed by atoms with Crippen LogP contribution in [0, 0.1) is 11.7 Å². The summed E-state index contributed by atoms with van der Waals surface area (Å²) in [7, 11) is 1.92. The molecule has 2 atom stereocenters. The summed E-state index contributed by atoms with van der Waals surface area (Å²) < 4.78 is 13.0. The molecule has 1 aromatic rings. The van der Waals surface area contributed by atoms with Crippen LogP contribution in [0.2, 0.25) is 0 Å². The second kappa shape index (κ2) is 5.67. The largest absolute Gasteiger partial charge is 0.328 e. The first-order chi connectivity index (χ1) is 9.02. The van der Waals surface area contributed by atoms with Crippen molar-refractivity contribution < 1.29 is 9.18 Å². The Morgan fingerprint density at radius 3 is 2.53 bits per heavy atom. The molecule has 0 spiro atoms. The summed E-state index contributed by atoms with van der Waals surface area (Å²) in [5, 5.41) is 0. The predicted octanol–water partition coefficient (Wildman–Crippen LogP) is 1.07. The van der Waals surface area contributed by atoms with Crippen LogP contribution in [0.25, 0.3) is 0 Å². The van der Waals surface area contributed by atoms with Gasteiger partial charge in [0.25, 0.3) is 0 Å². The zero-order valence-electron chi connectivity index (χ0n) is 11.3. The van der Waals surface area contributed by atoms with Crippen LogP contribution < -0.4 is 10.6 Å². The number of anilines is 1. The minimum Gasteiger partial charge on any atom is -0.328 e. The third-order valence-corrected chi connectivity index (χ3v) is 3.54. The van der Waals surface area contributed by atoms with Gasteiger partial charge < -0.3 is 10.6 Å². The summed E-state index contributed by atoms with van der Waals surface area (Å²) in [6.45, 7) is 3.84. The van der Waals surface area contributed by atoms with E-state index in [4.69, 9.17) is 5.73 Å². The Balaban J connectivity index is 2.31. The number of halogens is 1. The fourth-order valence-corrected chi connectivity index (χ4v) is 2.58. The lowest BCUT2D eigenvalue weighted by molar-refractivity contribution is -0.122. The van der Waals surface area contributed by atoms with Crippen molar-refractivity contribution in [2.75, 3.05) is 31.6 Å². The van der Waals surface area contributed by atoms with E-state index in [9.17, 15) is 9.18 Å². The lowest BCUT2D eigenvalue weighted by Gasteiger charge is -2.27. The third kappa shape index (κ3) is 2.93. The summed E-state index contributed by atoms with van der Waals surface area (Å²) >= 11 is 0. The zero-order chi connectivity index (χ0) is 14.0. The van der Waals surface area contributed by atoms with Crippen molar-refractivity contribution in [3.05, 3.63) is 30.1 Å². The van der Waals surface area contributed by atoms with E-state index in [1.54, 1.807) is 17.0 Å². The molecule has 2 rings (SSSR count). The monoisotopic (exact) mass is 265 g/mol. The van der Waals surface area contributed by atoms with Gasteiger partial charge in [0.15, 0.2) is 0 Å². The van der Waals surface area contributed by atoms with Gasteiger partial charge in [0.05, 0.1) is 0 Å². The fourth-order valence-electron chi connectivity index (χ4n) is 2.58. The first-order valence-corrected chi connectivity index (χ1v) is 6.50. The molecule has 0 radical (unpaired) electrons. The normalized spacial score (nSPS) is 25.5. The van der Waals surface area contributed by atoms with E-state index < -0.39 is 0 Å². The molecule has 0 aliphatic carbocycles. The summed E-state index contributed by atoms with van der Waals surface area (Å²) in [6.07, 6.45) is 0. The Kier molecular flexibility index (Phi) is 4.17. The van der Waals surface area contributed by atoms with Gasteiger partial charge in [0.1, 0.15) is 11.9 Å². The van der Waals surface area contributed by atoms with E-state index in [1.165, 1.54) is 12.1 Å². The summed E-state index contributed by atoms with van der Waals surface area (Å²) in [6, 6.07) is 5.71. The first kappa shape index (κ1) is 14.0. The van der Waals surface area contributed by atoms with Gasteiger partial charge >= 0.3 is 0 Å². The number of likely N-dealkylation sites (N-methyl/N-ethyl adjacent to an activating group) is 1. The summed E-state index contributed by atoms with van der Waals surface area (Å²) in [4.78, 5) is 16.2. The molecule has 1 amide bonds. The predicted molar refractivity (Wildman–Crippen MR) is 73.4 cm³/mol. The van der Waals surface area contributed by atoms with Gasteiger partial charge in [-0.2, -0.15) is 0 Å². The molecule has 1 fully saturated rings. The number of nitrogens with zero attached hydrogens (tertiary/aromatic N) is 2. The fraction of sp³-hybridized carbons (Fsp3) is 0.500. The van der Waals surface area contributed by atoms with Crippen molar-refractivity contribution in [2.24, 2.45) is 11.7 Å². The molecule has 1 heterocycles. The molecule has 19 heavy (non-hydrogen) atoms. The molecule has 1 saturated heterocycles. The lowest BCUT2D eigenvalue weighted by Crippen LogP contribution is -2.48. The maximum absolute atomic E-state index is 13.0. The van der Waals surface area contributed by atoms with Crippen LogP contribution in [0.1, 0.15) is 6.92 Å². The molecule has 1 aliphatic rings. The third-order valence-electron chi connectivity index (χ3n) is 3.54. The van der Waals surface area contributed by atoms with E-state index in [0.717, 1.165) is 12.2 Å². The maximum atomic E-state index is 13.0. The second-order valence-corrected chi connectivity index (χ2v) is 5.22. The van der Waals surface area contributed by atoms with E-state index in [1.807, 2.05) is 11.9 Å². The van der Waals surface area contributed by atoms with Gasteiger partial charge in [-0.3, -0.25) is 9.69 Å². The van der Waals surface area contributed by atoms with Gasteiger partial charge in [-0.05, 0) is 37.2 Å². The molecule has 1 aliphatic heterocycles. The second-order valence-electron chi connectivity index (χ2n) is 5.22. The molecule has 0 saturated carbocycles. The van der Waals surface area contributed by atoms with Gasteiger partial charge in [-0.25, -0.2) is 4.39 Å². The molecule has 104 valence electrons. The van der Waals surface area contributed by atoms with Gasteiger partial charge in [0, 0.05) is 25.3 Å². The SMILES string of the molecule is CC1CN(c2ccc(F)cc2)C(=O)C(CN)N(C)C1. The maximum Gasteiger partial charge on any atom is 0.245 e. The molecule has 5 heteroatoms. The smallest absolute Gasteiger partial charge is 0.245 e. The van der Waals surface area contributed by atoms with Crippen molar-refractivity contribution in [1.82, 2.24) is 4.90 Å². The highest BCUT2D eigenvalue weighted by Gasteiger charge is 2.32. The zero-order valence-corrected chi connectivity index (χ0v) is 11.3. The Hall–Kier alpha value is -1.46. The number of benzene rings is 1. The van der Waals surface area contributed by atoms with Crippen LogP contribution in [0.3, 0.4) is 0 Å². The minimum atomic E-state index is -0.310. The topological polar surface area (TPSA) is 49.6 Å². The Labute approximate surface area is 113 Å². The van der Waals surface area contributed by atoms with E-state index in [0.29, 0.717) is 19.0 Å². The summed E-state index contributed by atoms with van der Waals surface area (Å²) in [5.41, 5.74) is 6.44. The molecule has 2 unspecified atom stereocenters. The van der Waals surface area contributed by atoms with Crippen molar-refractivity contribution in [3.8, 4) is 0 Å². The molecular weight excluding hydrogens is 245 g/mol. The summed E-state index contributed by atoms with van der Waals surface area (Å²) in [5.74, 6) is 0.0306. The average molecular weight is 265 g/mol. The molecule has 0 aromatic heterocycles. The van der Waals surface area contributed by atoms with Crippen LogP contribution in [-0.2, 0) is 4.79 Å². The van der Waals surface area contributed by atoms with Crippen LogP contribution in [0.15, 0.2) is 24.3 Å². The Morgan fingerprint density at radius 2 is 1.95 bits per heavy atom.